The lowest BCUT2D eigenvalue weighted by Crippen LogP contribution is -2.32. The average Bonchev–Trinajstić information content (AvgIpc) is 3.00. The van der Waals surface area contributed by atoms with Crippen molar-refractivity contribution in [2.75, 3.05) is 0 Å². The van der Waals surface area contributed by atoms with E-state index in [2.05, 4.69) is 16.8 Å². The zero-order valence-corrected chi connectivity index (χ0v) is 17.0. The summed E-state index contributed by atoms with van der Waals surface area (Å²) in [5, 5.41) is 4.09. The summed E-state index contributed by atoms with van der Waals surface area (Å²) in [6.07, 6.45) is 1.96. The standard InChI is InChI=1S/C21H23Cl2N3O/c1-3-14(2)24-21(27)10-11-26-19-7-5-4-6-18(19)25-20(26)13-15-8-9-16(22)17(23)12-15/h4-9,12,14H,3,10-11,13H2,1-2H3,(H,24,27)/t14-/m1/s1. The van der Waals surface area contributed by atoms with E-state index in [0.717, 1.165) is 28.8 Å². The maximum atomic E-state index is 12.2. The van der Waals surface area contributed by atoms with Gasteiger partial charge in [-0.1, -0.05) is 48.3 Å². The van der Waals surface area contributed by atoms with Crippen LogP contribution in [0.25, 0.3) is 11.0 Å². The maximum Gasteiger partial charge on any atom is 0.221 e. The summed E-state index contributed by atoms with van der Waals surface area (Å²) < 4.78 is 2.12. The molecule has 27 heavy (non-hydrogen) atoms. The van der Waals surface area contributed by atoms with Gasteiger partial charge in [-0.3, -0.25) is 4.79 Å². The van der Waals surface area contributed by atoms with Crippen LogP contribution >= 0.6 is 23.2 Å². The van der Waals surface area contributed by atoms with Gasteiger partial charge in [0.2, 0.25) is 5.91 Å². The molecule has 1 amide bonds. The molecule has 4 nitrogen and oxygen atoms in total. The Hall–Kier alpha value is -2.04. The number of rotatable bonds is 7. The highest BCUT2D eigenvalue weighted by Crippen LogP contribution is 2.25. The second-order valence-electron chi connectivity index (χ2n) is 6.72. The van der Waals surface area contributed by atoms with E-state index in [1.807, 2.05) is 43.3 Å². The van der Waals surface area contributed by atoms with E-state index in [0.29, 0.717) is 29.4 Å². The molecule has 0 aliphatic rings. The number of carbonyl (C=O) groups excluding carboxylic acids is 1. The van der Waals surface area contributed by atoms with Crippen LogP contribution in [0.15, 0.2) is 42.5 Å². The van der Waals surface area contributed by atoms with Crippen LogP contribution < -0.4 is 5.32 Å². The van der Waals surface area contributed by atoms with Crippen LogP contribution in [0.5, 0.6) is 0 Å². The lowest BCUT2D eigenvalue weighted by molar-refractivity contribution is -0.121. The first kappa shape index (κ1) is 19.7. The Morgan fingerprint density at radius 1 is 1.19 bits per heavy atom. The van der Waals surface area contributed by atoms with Gasteiger partial charge in [0.15, 0.2) is 0 Å². The van der Waals surface area contributed by atoms with Crippen LogP contribution in [0.3, 0.4) is 0 Å². The molecule has 0 bridgehead atoms. The number of nitrogens with zero attached hydrogens (tertiary/aromatic N) is 2. The number of hydrogen-bond acceptors (Lipinski definition) is 2. The quantitative estimate of drug-likeness (QED) is 0.586. The molecule has 1 aromatic heterocycles. The Morgan fingerprint density at radius 3 is 2.70 bits per heavy atom. The Morgan fingerprint density at radius 2 is 1.96 bits per heavy atom. The number of amides is 1. The van der Waals surface area contributed by atoms with Gasteiger partial charge in [0, 0.05) is 25.4 Å². The molecule has 3 aromatic rings. The van der Waals surface area contributed by atoms with Gasteiger partial charge in [-0.2, -0.15) is 0 Å². The predicted octanol–water partition coefficient (Wildman–Crippen LogP) is 5.24. The average molecular weight is 404 g/mol. The first-order chi connectivity index (χ1) is 13.0. The van der Waals surface area contributed by atoms with Gasteiger partial charge in [-0.25, -0.2) is 4.98 Å². The molecule has 0 aliphatic carbocycles. The topological polar surface area (TPSA) is 46.9 Å². The summed E-state index contributed by atoms with van der Waals surface area (Å²) >= 11 is 12.2. The number of aromatic nitrogens is 2. The lowest BCUT2D eigenvalue weighted by Gasteiger charge is -2.13. The second-order valence-corrected chi connectivity index (χ2v) is 7.53. The molecule has 0 aliphatic heterocycles. The van der Waals surface area contributed by atoms with Crippen molar-refractivity contribution < 1.29 is 4.79 Å². The molecule has 3 rings (SSSR count). The van der Waals surface area contributed by atoms with E-state index < -0.39 is 0 Å². The van der Waals surface area contributed by atoms with Crippen molar-refractivity contribution >= 4 is 40.1 Å². The number of hydrogen-bond donors (Lipinski definition) is 1. The predicted molar refractivity (Wildman–Crippen MR) is 112 cm³/mol. The smallest absolute Gasteiger partial charge is 0.221 e. The molecule has 0 radical (unpaired) electrons. The van der Waals surface area contributed by atoms with Crippen molar-refractivity contribution in [1.29, 1.82) is 0 Å². The first-order valence-electron chi connectivity index (χ1n) is 9.15. The van der Waals surface area contributed by atoms with Gasteiger partial charge in [-0.15, -0.1) is 0 Å². The molecule has 0 unspecified atom stereocenters. The van der Waals surface area contributed by atoms with Gasteiger partial charge in [0.05, 0.1) is 21.1 Å². The van der Waals surface area contributed by atoms with Crippen LogP contribution in [0, 0.1) is 0 Å². The normalized spacial score (nSPS) is 12.3. The van der Waals surface area contributed by atoms with Crippen LogP contribution in [0.1, 0.15) is 38.1 Å². The van der Waals surface area contributed by atoms with E-state index in [-0.39, 0.29) is 11.9 Å². The Bertz CT molecular complexity index is 952. The molecular weight excluding hydrogens is 381 g/mol. The van der Waals surface area contributed by atoms with Crippen molar-refractivity contribution in [1.82, 2.24) is 14.9 Å². The van der Waals surface area contributed by atoms with E-state index in [1.54, 1.807) is 6.07 Å². The van der Waals surface area contributed by atoms with Crippen molar-refractivity contribution in [3.63, 3.8) is 0 Å². The molecule has 142 valence electrons. The number of benzene rings is 2. The summed E-state index contributed by atoms with van der Waals surface area (Å²) in [7, 11) is 0. The molecule has 1 N–H and O–H groups in total. The number of nitrogens with one attached hydrogen (secondary N) is 1. The molecule has 0 saturated carbocycles. The molecule has 2 aromatic carbocycles. The van der Waals surface area contributed by atoms with Gasteiger partial charge in [0.25, 0.3) is 0 Å². The summed E-state index contributed by atoms with van der Waals surface area (Å²) in [4.78, 5) is 17.0. The van der Waals surface area contributed by atoms with Gasteiger partial charge in [0.1, 0.15) is 5.82 Å². The van der Waals surface area contributed by atoms with E-state index in [4.69, 9.17) is 28.2 Å². The van der Waals surface area contributed by atoms with Crippen LogP contribution in [-0.2, 0) is 17.8 Å². The molecule has 0 fully saturated rings. The van der Waals surface area contributed by atoms with Crippen molar-refractivity contribution in [2.24, 2.45) is 0 Å². The third kappa shape index (κ3) is 4.82. The minimum atomic E-state index is 0.0580. The largest absolute Gasteiger partial charge is 0.354 e. The summed E-state index contributed by atoms with van der Waals surface area (Å²) in [6.45, 7) is 4.66. The fourth-order valence-corrected chi connectivity index (χ4v) is 3.33. The first-order valence-corrected chi connectivity index (χ1v) is 9.91. The van der Waals surface area contributed by atoms with Gasteiger partial charge < -0.3 is 9.88 Å². The summed E-state index contributed by atoms with van der Waals surface area (Å²) in [6, 6.07) is 13.8. The maximum absolute atomic E-state index is 12.2. The zero-order valence-electron chi connectivity index (χ0n) is 15.5. The number of imidazole rings is 1. The van der Waals surface area contributed by atoms with E-state index in [9.17, 15) is 4.79 Å². The number of carbonyl (C=O) groups is 1. The summed E-state index contributed by atoms with van der Waals surface area (Å²) in [5.74, 6) is 0.966. The number of aryl methyl sites for hydroxylation is 1. The third-order valence-electron chi connectivity index (χ3n) is 4.66. The fraction of sp³-hybridized carbons (Fsp3) is 0.333. The van der Waals surface area contributed by atoms with Crippen molar-refractivity contribution in [3.8, 4) is 0 Å². The van der Waals surface area contributed by atoms with Crippen LogP contribution in [-0.4, -0.2) is 21.5 Å². The number of fused-ring (bicyclic) bond motifs is 1. The van der Waals surface area contributed by atoms with Gasteiger partial charge in [-0.05, 0) is 43.2 Å². The molecule has 0 spiro atoms. The highest BCUT2D eigenvalue weighted by Gasteiger charge is 2.14. The Kier molecular flexibility index (Phi) is 6.40. The van der Waals surface area contributed by atoms with E-state index >= 15 is 0 Å². The fourth-order valence-electron chi connectivity index (χ4n) is 3.00. The Balaban J connectivity index is 1.85. The van der Waals surface area contributed by atoms with Gasteiger partial charge >= 0.3 is 0 Å². The molecule has 0 saturated heterocycles. The monoisotopic (exact) mass is 403 g/mol. The van der Waals surface area contributed by atoms with Crippen LogP contribution in [0.2, 0.25) is 10.0 Å². The second kappa shape index (κ2) is 8.77. The van der Waals surface area contributed by atoms with E-state index in [1.165, 1.54) is 0 Å². The number of halogens is 2. The van der Waals surface area contributed by atoms with Crippen molar-refractivity contribution in [2.45, 2.75) is 45.7 Å². The highest BCUT2D eigenvalue weighted by molar-refractivity contribution is 6.42. The van der Waals surface area contributed by atoms with Crippen molar-refractivity contribution in [3.05, 3.63) is 63.9 Å². The Labute approximate surface area is 169 Å². The molecule has 1 atom stereocenters. The van der Waals surface area contributed by atoms with Crippen LogP contribution in [0.4, 0.5) is 0 Å². The highest BCUT2D eigenvalue weighted by atomic mass is 35.5. The SMILES string of the molecule is CC[C@@H](C)NC(=O)CCn1c(Cc2ccc(Cl)c(Cl)c2)nc2ccccc21. The lowest BCUT2D eigenvalue weighted by atomic mass is 10.1. The minimum absolute atomic E-state index is 0.0580. The number of para-hydroxylation sites is 2. The summed E-state index contributed by atoms with van der Waals surface area (Å²) in [5.41, 5.74) is 2.99. The third-order valence-corrected chi connectivity index (χ3v) is 5.40. The molecule has 6 heteroatoms. The molecule has 1 heterocycles. The minimum Gasteiger partial charge on any atom is -0.354 e. The zero-order chi connectivity index (χ0) is 19.4. The molecular formula is C21H23Cl2N3O.